The van der Waals surface area contributed by atoms with Gasteiger partial charge in [0, 0.05) is 31.7 Å². The number of allylic oxidation sites excluding steroid dienone is 2. The number of cyclic esters (lactones) is 1. The molecule has 15 nitrogen and oxygen atoms in total. The minimum Gasteiger partial charge on any atom is -0.462 e. The summed E-state index contributed by atoms with van der Waals surface area (Å²) in [4.78, 5) is 29.1. The monoisotopic (exact) mass is 798 g/mol. The van der Waals surface area contributed by atoms with Gasteiger partial charge in [-0.1, -0.05) is 31.2 Å². The zero-order valence-electron chi connectivity index (χ0n) is 34.8. The Balaban J connectivity index is 1.59. The van der Waals surface area contributed by atoms with Gasteiger partial charge in [0.15, 0.2) is 18.9 Å². The minimum atomic E-state index is -1.42. The van der Waals surface area contributed by atoms with Crippen molar-refractivity contribution in [3.8, 4) is 0 Å². The first-order valence-corrected chi connectivity index (χ1v) is 20.3. The lowest BCUT2D eigenvalue weighted by Crippen LogP contribution is -2.65. The van der Waals surface area contributed by atoms with Gasteiger partial charge in [0.05, 0.1) is 55.2 Å². The van der Waals surface area contributed by atoms with Gasteiger partial charge in [-0.05, 0) is 87.0 Å². The molecule has 17 atom stereocenters. The van der Waals surface area contributed by atoms with Crippen LogP contribution in [0.4, 0.5) is 0 Å². The minimum absolute atomic E-state index is 0.0129. The average molecular weight is 799 g/mol. The molecule has 56 heavy (non-hydrogen) atoms. The van der Waals surface area contributed by atoms with Gasteiger partial charge in [0.25, 0.3) is 0 Å². The van der Waals surface area contributed by atoms with Crippen molar-refractivity contribution >= 4 is 12.3 Å². The van der Waals surface area contributed by atoms with E-state index in [0.717, 1.165) is 19.1 Å². The first-order valence-electron chi connectivity index (χ1n) is 20.3. The van der Waals surface area contributed by atoms with Crippen LogP contribution < -0.4 is 0 Å². The highest BCUT2D eigenvalue weighted by Gasteiger charge is 2.50. The van der Waals surface area contributed by atoms with E-state index in [0.29, 0.717) is 12.8 Å². The fourth-order valence-corrected chi connectivity index (χ4v) is 8.39. The Hall–Kier alpha value is -1.86. The Bertz CT molecular complexity index is 1280. The summed E-state index contributed by atoms with van der Waals surface area (Å²) in [6.07, 6.45) is 1.80. The van der Waals surface area contributed by atoms with Gasteiger partial charge in [0.1, 0.15) is 30.7 Å². The molecule has 0 amide bonds. The summed E-state index contributed by atoms with van der Waals surface area (Å²) in [5.74, 6) is -1.18. The van der Waals surface area contributed by atoms with Gasteiger partial charge >= 0.3 is 5.97 Å². The fourth-order valence-electron chi connectivity index (χ4n) is 8.39. The highest BCUT2D eigenvalue weighted by molar-refractivity contribution is 5.70. The molecule has 4 heterocycles. The number of carbonyl (C=O) groups is 2. The van der Waals surface area contributed by atoms with Crippen LogP contribution in [-0.2, 0) is 42.7 Å². The third kappa shape index (κ3) is 13.1. The van der Waals surface area contributed by atoms with E-state index in [2.05, 4.69) is 11.8 Å². The maximum absolute atomic E-state index is 12.9. The number of esters is 1. The topological polar surface area (TPSA) is 186 Å². The van der Waals surface area contributed by atoms with Crippen LogP contribution in [0.3, 0.4) is 0 Å². The third-order valence-electron chi connectivity index (χ3n) is 11.7. The number of aliphatic hydroxyl groups is 4. The quantitative estimate of drug-likeness (QED) is 0.186. The van der Waals surface area contributed by atoms with Crippen molar-refractivity contribution in [2.24, 2.45) is 11.8 Å². The standard InChI is InChI=1S/C41H70N2O13/c1-24-19-28(17-18-44)32(55-40-38(48)37(43(8)9)39(27(4)53-40)56-36-22-41(5,49)33(46)23-50-36)20-29(45)21-34(47)51-25(2)13-11-10-12-14-31(24)54-35-16-15-30(42(6)7)26(3)52-35/h10-12,14,18,24-33,35-40,45-46,48-49H,13,15-17,19-23H2,1-9H3/b11-10+,14-12-/t24-,25-,26-,27-,28?,29+,30+,31?,32-,33-,35+,36-,37-,38-,39-,40+,41+/m1/s1. The van der Waals surface area contributed by atoms with E-state index in [9.17, 15) is 30.0 Å². The molecule has 0 bridgehead atoms. The molecule has 0 aromatic rings. The number of likely N-dealkylation sites (N-methyl/N-ethyl adjacent to an activating group) is 2. The lowest BCUT2D eigenvalue weighted by Gasteiger charge is -2.49. The highest BCUT2D eigenvalue weighted by Crippen LogP contribution is 2.36. The molecule has 4 aliphatic rings. The molecule has 15 heteroatoms. The highest BCUT2D eigenvalue weighted by atomic mass is 16.7. The molecular formula is C41H70N2O13. The summed E-state index contributed by atoms with van der Waals surface area (Å²) in [6.45, 7) is 9.08. The molecule has 4 aliphatic heterocycles. The van der Waals surface area contributed by atoms with Gasteiger partial charge < -0.3 is 68.2 Å². The van der Waals surface area contributed by atoms with E-state index in [-0.39, 0.29) is 50.4 Å². The summed E-state index contributed by atoms with van der Waals surface area (Å²) in [5, 5.41) is 44.0. The SMILES string of the molecule is C[C@@H]1C/C=C/C=C\C(O[C@H]2CC[C@H](N(C)C)[C@@H](C)O2)[C@H](C)CC(CC=O)[C@H](O[C@@H]2O[C@H](C)[C@@H](O[C@@H]3C[C@](C)(O)[C@H](O)CO3)[C@H](N(C)C)[C@H]2O)C[C@H](O)CC(=O)O1. The number of hydrogen-bond donors (Lipinski definition) is 4. The lowest BCUT2D eigenvalue weighted by atomic mass is 9.83. The predicted molar refractivity (Wildman–Crippen MR) is 206 cm³/mol. The van der Waals surface area contributed by atoms with Crippen molar-refractivity contribution in [1.82, 2.24) is 9.80 Å². The van der Waals surface area contributed by atoms with E-state index >= 15 is 0 Å². The van der Waals surface area contributed by atoms with Crippen molar-refractivity contribution in [1.29, 1.82) is 0 Å². The Morgan fingerprint density at radius 2 is 1.66 bits per heavy atom. The van der Waals surface area contributed by atoms with Crippen molar-refractivity contribution in [3.05, 3.63) is 24.3 Å². The van der Waals surface area contributed by atoms with Gasteiger partial charge in [0.2, 0.25) is 0 Å². The van der Waals surface area contributed by atoms with E-state index in [1.54, 1.807) is 32.8 Å². The first kappa shape index (κ1) is 46.8. The van der Waals surface area contributed by atoms with Crippen LogP contribution in [0.1, 0.15) is 86.0 Å². The van der Waals surface area contributed by atoms with Crippen LogP contribution in [0.15, 0.2) is 24.3 Å². The van der Waals surface area contributed by atoms with Gasteiger partial charge in [-0.2, -0.15) is 0 Å². The summed E-state index contributed by atoms with van der Waals surface area (Å²) in [5.41, 5.74) is -1.42. The zero-order valence-corrected chi connectivity index (χ0v) is 34.8. The second-order valence-corrected chi connectivity index (χ2v) is 17.1. The largest absolute Gasteiger partial charge is 0.462 e. The first-order chi connectivity index (χ1) is 26.4. The molecule has 0 aromatic carbocycles. The van der Waals surface area contributed by atoms with Crippen molar-refractivity contribution in [2.75, 3.05) is 34.8 Å². The zero-order chi connectivity index (χ0) is 41.3. The molecule has 4 N–H and O–H groups in total. The van der Waals surface area contributed by atoms with E-state index in [1.165, 1.54) is 6.92 Å². The molecule has 0 spiro atoms. The van der Waals surface area contributed by atoms with E-state index < -0.39 is 91.2 Å². The Kier molecular flexibility index (Phi) is 17.9. The number of ether oxygens (including phenoxy) is 7. The molecule has 2 unspecified atom stereocenters. The number of rotatable bonds is 10. The van der Waals surface area contributed by atoms with Crippen LogP contribution in [0, 0.1) is 11.8 Å². The van der Waals surface area contributed by atoms with Crippen molar-refractivity contribution < 1.29 is 63.2 Å². The summed E-state index contributed by atoms with van der Waals surface area (Å²) < 4.78 is 43.5. The normalized spacial score (nSPS) is 44.9. The number of nitrogens with zero attached hydrogens (tertiary/aromatic N) is 2. The smallest absolute Gasteiger partial charge is 0.308 e. The molecule has 4 rings (SSSR count). The third-order valence-corrected chi connectivity index (χ3v) is 11.7. The number of carbonyl (C=O) groups excluding carboxylic acids is 2. The molecule has 3 saturated heterocycles. The van der Waals surface area contributed by atoms with Gasteiger partial charge in [-0.3, -0.25) is 4.79 Å². The number of aldehydes is 1. The molecule has 0 aliphatic carbocycles. The summed E-state index contributed by atoms with van der Waals surface area (Å²) in [7, 11) is 7.68. The van der Waals surface area contributed by atoms with Crippen molar-refractivity contribution in [3.63, 3.8) is 0 Å². The Morgan fingerprint density at radius 1 is 0.929 bits per heavy atom. The Morgan fingerprint density at radius 3 is 2.30 bits per heavy atom. The fraction of sp³-hybridized carbons (Fsp3) is 0.854. The average Bonchev–Trinajstić information content (AvgIpc) is 3.09. The van der Waals surface area contributed by atoms with Crippen molar-refractivity contribution in [2.45, 2.75) is 177 Å². The molecule has 3 fully saturated rings. The maximum Gasteiger partial charge on any atom is 0.308 e. The molecule has 322 valence electrons. The molecule has 0 aromatic heterocycles. The Labute approximate surface area is 333 Å². The summed E-state index contributed by atoms with van der Waals surface area (Å²) in [6, 6.07) is -0.388. The van der Waals surface area contributed by atoms with Crippen LogP contribution in [0.2, 0.25) is 0 Å². The molecule has 0 radical (unpaired) electrons. The second kappa shape index (κ2) is 21.4. The van der Waals surface area contributed by atoms with Crippen LogP contribution in [0.25, 0.3) is 0 Å². The second-order valence-electron chi connectivity index (χ2n) is 17.1. The summed E-state index contributed by atoms with van der Waals surface area (Å²) >= 11 is 0. The van der Waals surface area contributed by atoms with E-state index in [4.69, 9.17) is 33.2 Å². The lowest BCUT2D eigenvalue weighted by molar-refractivity contribution is -0.332. The number of hydrogen-bond acceptors (Lipinski definition) is 15. The number of aliphatic hydroxyl groups excluding tert-OH is 3. The molecular weight excluding hydrogens is 728 g/mol. The van der Waals surface area contributed by atoms with Gasteiger partial charge in [-0.15, -0.1) is 0 Å². The predicted octanol–water partition coefficient (Wildman–Crippen LogP) is 2.31. The van der Waals surface area contributed by atoms with Crippen LogP contribution in [-0.4, -0.2) is 169 Å². The maximum atomic E-state index is 12.9. The van der Waals surface area contributed by atoms with Gasteiger partial charge in [-0.25, -0.2) is 0 Å². The van der Waals surface area contributed by atoms with Crippen LogP contribution in [0.5, 0.6) is 0 Å². The van der Waals surface area contributed by atoms with E-state index in [1.807, 2.05) is 45.3 Å². The molecule has 0 saturated carbocycles. The van der Waals surface area contributed by atoms with Crippen LogP contribution >= 0.6 is 0 Å².